The summed E-state index contributed by atoms with van der Waals surface area (Å²) < 4.78 is 124. The molecule has 7 nitrogen and oxygen atoms in total. The third-order valence-corrected chi connectivity index (χ3v) is 7.82. The number of fused-ring (bicyclic) bond motifs is 1. The summed E-state index contributed by atoms with van der Waals surface area (Å²) >= 11 is 0. The predicted octanol–water partition coefficient (Wildman–Crippen LogP) is 6.96. The van der Waals surface area contributed by atoms with Gasteiger partial charge in [0, 0.05) is 44.2 Å². The average molecular weight is 662 g/mol. The second-order valence-corrected chi connectivity index (χ2v) is 11.9. The summed E-state index contributed by atoms with van der Waals surface area (Å²) in [5.74, 6) is 6.16. The maximum Gasteiger partial charge on any atom is 0.418 e. The first-order valence-corrected chi connectivity index (χ1v) is 14.5. The van der Waals surface area contributed by atoms with Crippen LogP contribution in [0.2, 0.25) is 0 Å². The van der Waals surface area contributed by atoms with Crippen molar-refractivity contribution in [1.29, 1.82) is 0 Å². The number of pyridine rings is 1. The number of hydrogen-bond acceptors (Lipinski definition) is 5. The van der Waals surface area contributed by atoms with Crippen LogP contribution in [0.25, 0.3) is 10.9 Å². The fraction of sp³-hybridized carbons (Fsp3) is 0.467. The molecule has 1 aromatic heterocycles. The highest BCUT2D eigenvalue weighted by Crippen LogP contribution is 2.40. The van der Waals surface area contributed by atoms with E-state index in [1.807, 2.05) is 4.90 Å². The van der Waals surface area contributed by atoms with E-state index in [9.17, 15) is 39.5 Å². The summed E-state index contributed by atoms with van der Waals surface area (Å²) in [6.45, 7) is 0.240. The molecule has 0 bridgehead atoms. The van der Waals surface area contributed by atoms with Crippen molar-refractivity contribution in [1.82, 2.24) is 15.0 Å². The molecule has 2 saturated carbocycles. The number of hydrazone groups is 1. The van der Waals surface area contributed by atoms with Crippen LogP contribution in [-0.2, 0) is 31.6 Å². The SMILES string of the molecule is CN(N)/N=C(\N)N(Cc1cc(C(F)(F)F)cc(C(F)(F)F)c1)Cc1cc2cccc(C(F)(F)F)c2nc1N(CC1CC1)CC1CC1. The zero-order valence-electron chi connectivity index (χ0n) is 24.6. The largest absolute Gasteiger partial charge is 0.418 e. The topological polar surface area (TPSA) is 87.0 Å². The molecule has 0 radical (unpaired) electrons. The van der Waals surface area contributed by atoms with E-state index in [1.165, 1.54) is 30.1 Å². The minimum absolute atomic E-state index is 0.0240. The lowest BCUT2D eigenvalue weighted by Gasteiger charge is -2.30. The van der Waals surface area contributed by atoms with Crippen LogP contribution in [0.15, 0.2) is 47.6 Å². The Balaban J connectivity index is 1.63. The second kappa shape index (κ2) is 12.3. The molecular formula is C30H32F9N7. The van der Waals surface area contributed by atoms with Gasteiger partial charge in [0.05, 0.1) is 22.2 Å². The Morgan fingerprint density at radius 2 is 1.39 bits per heavy atom. The fourth-order valence-corrected chi connectivity index (χ4v) is 5.30. The normalized spacial score (nSPS) is 16.2. The molecule has 0 unspecified atom stereocenters. The van der Waals surface area contributed by atoms with Gasteiger partial charge in [-0.25, -0.2) is 15.9 Å². The first-order valence-electron chi connectivity index (χ1n) is 14.5. The third-order valence-electron chi connectivity index (χ3n) is 7.82. The van der Waals surface area contributed by atoms with Gasteiger partial charge in [-0.3, -0.25) is 0 Å². The van der Waals surface area contributed by atoms with E-state index in [4.69, 9.17) is 11.6 Å². The second-order valence-electron chi connectivity index (χ2n) is 11.9. The van der Waals surface area contributed by atoms with Crippen LogP contribution in [0, 0.1) is 11.8 Å². The molecule has 46 heavy (non-hydrogen) atoms. The van der Waals surface area contributed by atoms with E-state index in [1.54, 1.807) is 0 Å². The Labute approximate surface area is 258 Å². The van der Waals surface area contributed by atoms with Gasteiger partial charge in [-0.2, -0.15) is 39.5 Å². The number of benzene rings is 2. The van der Waals surface area contributed by atoms with Gasteiger partial charge in [0.2, 0.25) is 5.96 Å². The van der Waals surface area contributed by atoms with Crippen molar-refractivity contribution >= 4 is 22.7 Å². The Kier molecular flexibility index (Phi) is 8.96. The first kappa shape index (κ1) is 33.4. The monoisotopic (exact) mass is 661 g/mol. The molecule has 0 saturated heterocycles. The minimum Gasteiger partial charge on any atom is -0.368 e. The molecule has 4 N–H and O–H groups in total. The number of guanidine groups is 1. The van der Waals surface area contributed by atoms with Crippen molar-refractivity contribution in [2.45, 2.75) is 57.3 Å². The van der Waals surface area contributed by atoms with Gasteiger partial charge in [0.25, 0.3) is 0 Å². The summed E-state index contributed by atoms with van der Waals surface area (Å²) in [4.78, 5) is 7.69. The summed E-state index contributed by atoms with van der Waals surface area (Å²) in [7, 11) is 1.31. The Morgan fingerprint density at radius 1 is 0.826 bits per heavy atom. The molecular weight excluding hydrogens is 629 g/mol. The molecule has 16 heteroatoms. The van der Waals surface area contributed by atoms with Crippen LogP contribution < -0.4 is 16.5 Å². The van der Waals surface area contributed by atoms with Crippen molar-refractivity contribution in [2.24, 2.45) is 28.5 Å². The molecule has 2 aliphatic rings. The molecule has 5 rings (SSSR count). The Hall–Kier alpha value is -3.95. The Morgan fingerprint density at radius 3 is 1.87 bits per heavy atom. The highest BCUT2D eigenvalue weighted by molar-refractivity contribution is 5.86. The molecule has 2 aromatic carbocycles. The zero-order valence-corrected chi connectivity index (χ0v) is 24.6. The van der Waals surface area contributed by atoms with E-state index < -0.39 is 41.8 Å². The van der Waals surface area contributed by atoms with E-state index >= 15 is 0 Å². The van der Waals surface area contributed by atoms with Crippen LogP contribution in [0.1, 0.15) is 53.5 Å². The van der Waals surface area contributed by atoms with Crippen molar-refractivity contribution in [3.8, 4) is 0 Å². The number of alkyl halides is 9. The van der Waals surface area contributed by atoms with Crippen LogP contribution in [0.3, 0.4) is 0 Å². The highest BCUT2D eigenvalue weighted by atomic mass is 19.4. The number of hydrogen-bond donors (Lipinski definition) is 2. The summed E-state index contributed by atoms with van der Waals surface area (Å²) in [6.07, 6.45) is -11.1. The number of nitrogens with two attached hydrogens (primary N) is 2. The van der Waals surface area contributed by atoms with Crippen molar-refractivity contribution < 1.29 is 39.5 Å². The van der Waals surface area contributed by atoms with E-state index in [0.29, 0.717) is 42.6 Å². The lowest BCUT2D eigenvalue weighted by Crippen LogP contribution is -2.40. The summed E-state index contributed by atoms with van der Waals surface area (Å²) in [6, 6.07) is 6.32. The van der Waals surface area contributed by atoms with E-state index in [0.717, 1.165) is 36.9 Å². The summed E-state index contributed by atoms with van der Waals surface area (Å²) in [5, 5.41) is 4.88. The fourth-order valence-electron chi connectivity index (χ4n) is 5.30. The van der Waals surface area contributed by atoms with Crippen LogP contribution in [-0.4, -0.2) is 41.1 Å². The highest BCUT2D eigenvalue weighted by Gasteiger charge is 2.38. The number of para-hydroxylation sites is 1. The number of anilines is 1. The average Bonchev–Trinajstić information content (AvgIpc) is 3.87. The van der Waals surface area contributed by atoms with Crippen molar-refractivity contribution in [3.05, 3.63) is 70.3 Å². The number of rotatable bonds is 10. The Bertz CT molecular complexity index is 1540. The number of nitrogens with zero attached hydrogens (tertiary/aromatic N) is 5. The van der Waals surface area contributed by atoms with Gasteiger partial charge in [0.15, 0.2) is 0 Å². The predicted molar refractivity (Wildman–Crippen MR) is 154 cm³/mol. The van der Waals surface area contributed by atoms with Gasteiger partial charge < -0.3 is 15.5 Å². The van der Waals surface area contributed by atoms with E-state index in [2.05, 4.69) is 10.1 Å². The smallest absolute Gasteiger partial charge is 0.368 e. The molecule has 0 spiro atoms. The zero-order chi connectivity index (χ0) is 33.6. The summed E-state index contributed by atoms with van der Waals surface area (Å²) in [5.41, 5.74) is 1.98. The van der Waals surface area contributed by atoms with Crippen LogP contribution >= 0.6 is 0 Å². The number of aromatic nitrogens is 1. The standard InChI is InChI=1S/C30H32F9N7/c1-44(41)43-27(40)46(15-19-9-22(28(31,32)33)12-23(10-19)29(34,35)36)16-21-11-20-3-2-4-24(30(37,38)39)25(20)42-26(21)45(13-17-5-6-17)14-18-7-8-18/h2-4,9-12,17-18H,5-8,13-16,41H2,1H3,(H2,40,43). The van der Waals surface area contributed by atoms with Crippen LogP contribution in [0.4, 0.5) is 45.3 Å². The maximum atomic E-state index is 14.0. The molecule has 0 amide bonds. The lowest BCUT2D eigenvalue weighted by atomic mass is 10.0. The molecule has 250 valence electrons. The van der Waals surface area contributed by atoms with Gasteiger partial charge >= 0.3 is 18.5 Å². The van der Waals surface area contributed by atoms with E-state index in [-0.39, 0.29) is 40.9 Å². The quantitative estimate of drug-likeness (QED) is 0.0804. The number of halogens is 9. The molecule has 2 fully saturated rings. The lowest BCUT2D eigenvalue weighted by molar-refractivity contribution is -0.143. The maximum absolute atomic E-state index is 14.0. The molecule has 3 aromatic rings. The first-order chi connectivity index (χ1) is 21.4. The van der Waals surface area contributed by atoms with Gasteiger partial charge in [-0.1, -0.05) is 12.1 Å². The van der Waals surface area contributed by atoms with Gasteiger partial charge in [0.1, 0.15) is 5.82 Å². The van der Waals surface area contributed by atoms with Crippen molar-refractivity contribution in [2.75, 3.05) is 25.0 Å². The molecule has 0 atom stereocenters. The van der Waals surface area contributed by atoms with Crippen molar-refractivity contribution in [3.63, 3.8) is 0 Å². The van der Waals surface area contributed by atoms with Gasteiger partial charge in [-0.15, -0.1) is 5.10 Å². The number of hydrazine groups is 1. The van der Waals surface area contributed by atoms with Crippen LogP contribution in [0.5, 0.6) is 0 Å². The molecule has 2 aliphatic carbocycles. The van der Waals surface area contributed by atoms with Gasteiger partial charge in [-0.05, 0) is 73.4 Å². The molecule has 0 aliphatic heterocycles. The minimum atomic E-state index is -5.07. The molecule has 1 heterocycles. The third kappa shape index (κ3) is 8.25.